The van der Waals surface area contributed by atoms with Crippen molar-refractivity contribution in [1.29, 1.82) is 0 Å². The molecule has 0 bridgehead atoms. The first-order chi connectivity index (χ1) is 16.9. The molecule has 194 valence electrons. The maximum Gasteiger partial charge on any atom is 0.317 e. The van der Waals surface area contributed by atoms with Gasteiger partial charge in [-0.3, -0.25) is 29.0 Å². The van der Waals surface area contributed by atoms with Crippen LogP contribution in [0.5, 0.6) is 11.5 Å². The number of anilines is 4. The number of carboxylic acid groups (broad SMARTS) is 2. The molecule has 2 rings (SSSR count). The van der Waals surface area contributed by atoms with Crippen molar-refractivity contribution in [3.63, 3.8) is 0 Å². The van der Waals surface area contributed by atoms with Gasteiger partial charge in [-0.15, -0.1) is 0 Å². The molecule has 2 amide bonds. The van der Waals surface area contributed by atoms with Crippen LogP contribution in [-0.4, -0.2) is 93.2 Å². The largest absolute Gasteiger partial charge is 0.506 e. The third-order valence-electron chi connectivity index (χ3n) is 4.77. The van der Waals surface area contributed by atoms with Gasteiger partial charge in [0.15, 0.2) is 0 Å². The number of carboxylic acids is 2. The molecule has 0 aliphatic heterocycles. The van der Waals surface area contributed by atoms with Gasteiger partial charge >= 0.3 is 11.9 Å². The molecule has 2 aromatic rings. The van der Waals surface area contributed by atoms with Crippen LogP contribution >= 0.6 is 0 Å². The van der Waals surface area contributed by atoms with Crippen LogP contribution in [0.4, 0.5) is 22.7 Å². The molecule has 0 aromatic heterocycles. The SMILES string of the molecule is Nc1ccc(O)c(NC(=O)CN(CCN(CC(=O)O)CC(=O)Nc2cc(N)ccc2O)CC(=O)O)c1. The molecule has 0 fully saturated rings. The Morgan fingerprint density at radius 1 is 0.667 bits per heavy atom. The highest BCUT2D eigenvalue weighted by Crippen LogP contribution is 2.26. The highest BCUT2D eigenvalue weighted by Gasteiger charge is 2.20. The van der Waals surface area contributed by atoms with E-state index in [1.54, 1.807) is 0 Å². The Labute approximate surface area is 205 Å². The number of hydrogen-bond donors (Lipinski definition) is 8. The third kappa shape index (κ3) is 9.36. The summed E-state index contributed by atoms with van der Waals surface area (Å²) in [6, 6.07) is 8.11. The molecular weight excluding hydrogens is 476 g/mol. The van der Waals surface area contributed by atoms with Crippen LogP contribution in [0.3, 0.4) is 0 Å². The molecule has 0 saturated carbocycles. The number of nitrogens with two attached hydrogens (primary N) is 2. The number of phenols is 2. The maximum absolute atomic E-state index is 12.4. The van der Waals surface area contributed by atoms with Crippen LogP contribution in [0, 0.1) is 0 Å². The quantitative estimate of drug-likeness (QED) is 0.0990. The van der Waals surface area contributed by atoms with Crippen molar-refractivity contribution < 1.29 is 39.6 Å². The summed E-state index contributed by atoms with van der Waals surface area (Å²) in [5, 5.41) is 43.0. The van der Waals surface area contributed by atoms with Crippen LogP contribution in [0.1, 0.15) is 0 Å². The highest BCUT2D eigenvalue weighted by atomic mass is 16.4. The molecule has 0 aliphatic carbocycles. The zero-order chi connectivity index (χ0) is 26.8. The second-order valence-electron chi connectivity index (χ2n) is 7.86. The summed E-state index contributed by atoms with van der Waals surface area (Å²) >= 11 is 0. The van der Waals surface area contributed by atoms with Crippen LogP contribution in [0.25, 0.3) is 0 Å². The number of aliphatic carboxylic acids is 2. The number of nitrogen functional groups attached to an aromatic ring is 2. The van der Waals surface area contributed by atoms with Gasteiger partial charge in [0, 0.05) is 24.5 Å². The van der Waals surface area contributed by atoms with Gasteiger partial charge in [-0.25, -0.2) is 0 Å². The maximum atomic E-state index is 12.4. The fourth-order valence-corrected chi connectivity index (χ4v) is 3.19. The third-order valence-corrected chi connectivity index (χ3v) is 4.77. The fraction of sp³-hybridized carbons (Fsp3) is 0.273. The molecule has 36 heavy (non-hydrogen) atoms. The average Bonchev–Trinajstić information content (AvgIpc) is 2.76. The van der Waals surface area contributed by atoms with Crippen molar-refractivity contribution >= 4 is 46.5 Å². The Hall–Kier alpha value is -4.56. The number of hydrogen-bond acceptors (Lipinski definition) is 10. The predicted octanol–water partition coefficient (Wildman–Crippen LogP) is -0.387. The summed E-state index contributed by atoms with van der Waals surface area (Å²) < 4.78 is 0. The van der Waals surface area contributed by atoms with Gasteiger partial charge in [0.2, 0.25) is 11.8 Å². The van der Waals surface area contributed by atoms with Crippen molar-refractivity contribution in [3.8, 4) is 11.5 Å². The number of amides is 2. The number of aromatic hydroxyl groups is 2. The van der Waals surface area contributed by atoms with E-state index in [0.29, 0.717) is 11.4 Å². The molecular formula is C22H28N6O8. The number of nitrogens with zero attached hydrogens (tertiary/aromatic N) is 2. The van der Waals surface area contributed by atoms with Gasteiger partial charge < -0.3 is 42.5 Å². The van der Waals surface area contributed by atoms with E-state index in [4.69, 9.17) is 11.5 Å². The molecule has 14 heteroatoms. The van der Waals surface area contributed by atoms with Gasteiger partial charge in [-0.05, 0) is 36.4 Å². The number of carbonyl (C=O) groups excluding carboxylic acids is 2. The van der Waals surface area contributed by atoms with E-state index in [-0.39, 0.29) is 36.0 Å². The zero-order valence-corrected chi connectivity index (χ0v) is 19.2. The normalized spacial score (nSPS) is 10.8. The Morgan fingerprint density at radius 3 is 1.36 bits per heavy atom. The number of nitrogens with one attached hydrogen (secondary N) is 2. The average molecular weight is 505 g/mol. The summed E-state index contributed by atoms with van der Waals surface area (Å²) in [5.74, 6) is -4.20. The van der Waals surface area contributed by atoms with E-state index in [1.807, 2.05) is 0 Å². The molecule has 0 aliphatic rings. The van der Waals surface area contributed by atoms with Crippen LogP contribution in [0.2, 0.25) is 0 Å². The number of phenolic OH excluding ortho intramolecular Hbond substituents is 2. The molecule has 0 atom stereocenters. The lowest BCUT2D eigenvalue weighted by Gasteiger charge is -2.25. The Balaban J connectivity index is 2.02. The first-order valence-electron chi connectivity index (χ1n) is 10.6. The lowest BCUT2D eigenvalue weighted by atomic mass is 10.2. The van der Waals surface area contributed by atoms with Gasteiger partial charge in [0.25, 0.3) is 0 Å². The minimum absolute atomic E-state index is 0.0456. The highest BCUT2D eigenvalue weighted by molar-refractivity contribution is 5.95. The summed E-state index contributed by atoms with van der Waals surface area (Å²) in [4.78, 5) is 49.9. The molecule has 0 saturated heterocycles. The molecule has 14 nitrogen and oxygen atoms in total. The fourth-order valence-electron chi connectivity index (χ4n) is 3.19. The van der Waals surface area contributed by atoms with E-state index in [9.17, 15) is 39.6 Å². The van der Waals surface area contributed by atoms with E-state index in [1.165, 1.54) is 46.2 Å². The van der Waals surface area contributed by atoms with Gasteiger partial charge in [0.05, 0.1) is 37.6 Å². The summed E-state index contributed by atoms with van der Waals surface area (Å²) in [5.41, 5.74) is 12.0. The second kappa shape index (κ2) is 12.8. The molecule has 10 N–H and O–H groups in total. The lowest BCUT2D eigenvalue weighted by molar-refractivity contribution is -0.140. The van der Waals surface area contributed by atoms with Gasteiger partial charge in [-0.2, -0.15) is 0 Å². The van der Waals surface area contributed by atoms with Gasteiger partial charge in [0.1, 0.15) is 11.5 Å². The predicted molar refractivity (Wildman–Crippen MR) is 130 cm³/mol. The standard InChI is InChI=1S/C22H28N6O8/c23-13-1-3-17(29)15(7-13)25-19(31)9-27(11-21(33)34)5-6-28(12-22(35)36)10-20(32)26-16-8-14(24)2-4-18(16)30/h1-4,7-8,29-30H,5-6,9-12,23-24H2,(H,25,31)(H,26,32)(H,33,34)(H,35,36). The summed E-state index contributed by atoms with van der Waals surface area (Å²) in [6.07, 6.45) is 0. The monoisotopic (exact) mass is 504 g/mol. The van der Waals surface area contributed by atoms with Gasteiger partial charge in [-0.1, -0.05) is 0 Å². The molecule has 0 spiro atoms. The Bertz CT molecular complexity index is 1040. The van der Waals surface area contributed by atoms with Crippen molar-refractivity contribution in [3.05, 3.63) is 36.4 Å². The first-order valence-corrected chi connectivity index (χ1v) is 10.6. The lowest BCUT2D eigenvalue weighted by Crippen LogP contribution is -2.44. The van der Waals surface area contributed by atoms with Crippen LogP contribution < -0.4 is 22.1 Å². The van der Waals surface area contributed by atoms with E-state index >= 15 is 0 Å². The molecule has 0 unspecified atom stereocenters. The molecule has 0 heterocycles. The second-order valence-corrected chi connectivity index (χ2v) is 7.86. The zero-order valence-electron chi connectivity index (χ0n) is 19.2. The molecule has 0 radical (unpaired) electrons. The topological polar surface area (TPSA) is 232 Å². The Kier molecular flexibility index (Phi) is 9.83. The minimum atomic E-state index is -1.23. The van der Waals surface area contributed by atoms with Crippen LogP contribution in [0.15, 0.2) is 36.4 Å². The minimum Gasteiger partial charge on any atom is -0.506 e. The van der Waals surface area contributed by atoms with Crippen molar-refractivity contribution in [2.24, 2.45) is 0 Å². The number of benzene rings is 2. The first kappa shape index (κ1) is 27.7. The Morgan fingerprint density at radius 2 is 1.03 bits per heavy atom. The van der Waals surface area contributed by atoms with Crippen LogP contribution in [-0.2, 0) is 19.2 Å². The van der Waals surface area contributed by atoms with E-state index in [0.717, 1.165) is 0 Å². The summed E-state index contributed by atoms with van der Waals surface area (Å²) in [7, 11) is 0. The van der Waals surface area contributed by atoms with E-state index in [2.05, 4.69) is 10.6 Å². The van der Waals surface area contributed by atoms with Crippen molar-refractivity contribution in [2.75, 3.05) is 61.4 Å². The number of carbonyl (C=O) groups is 4. The smallest absolute Gasteiger partial charge is 0.317 e. The molecule has 2 aromatic carbocycles. The summed E-state index contributed by atoms with van der Waals surface area (Å²) in [6.45, 7) is -2.03. The number of rotatable bonds is 13. The van der Waals surface area contributed by atoms with E-state index < -0.39 is 49.9 Å². The van der Waals surface area contributed by atoms with Crippen molar-refractivity contribution in [1.82, 2.24) is 9.80 Å². The van der Waals surface area contributed by atoms with Crippen molar-refractivity contribution in [2.45, 2.75) is 0 Å².